The lowest BCUT2D eigenvalue weighted by Crippen LogP contribution is -2.23. The summed E-state index contributed by atoms with van der Waals surface area (Å²) in [6, 6.07) is 5.17. The van der Waals surface area contributed by atoms with Crippen LogP contribution in [-0.2, 0) is 0 Å². The van der Waals surface area contributed by atoms with E-state index in [0.29, 0.717) is 16.9 Å². The number of carbonyl (C=O) groups excluding carboxylic acids is 1. The summed E-state index contributed by atoms with van der Waals surface area (Å²) in [6.07, 6.45) is 0. The lowest BCUT2D eigenvalue weighted by Gasteiger charge is -2.09. The lowest BCUT2D eigenvalue weighted by molar-refractivity contribution is 0.0696. The molecule has 0 aliphatic heterocycles. The number of anilines is 1. The summed E-state index contributed by atoms with van der Waals surface area (Å²) in [6.45, 7) is 1.69. The van der Waals surface area contributed by atoms with Gasteiger partial charge in [0.05, 0.1) is 21.7 Å². The lowest BCUT2D eigenvalue weighted by atomic mass is 10.1. The Balaban J connectivity index is 2.05. The summed E-state index contributed by atoms with van der Waals surface area (Å²) in [5.41, 5.74) is -0.478. The third-order valence-corrected chi connectivity index (χ3v) is 4.19. The molecule has 0 atom stereocenters. The van der Waals surface area contributed by atoms with Crippen LogP contribution in [0.2, 0.25) is 5.02 Å². The van der Waals surface area contributed by atoms with E-state index in [1.54, 1.807) is 6.92 Å². The van der Waals surface area contributed by atoms with E-state index in [4.69, 9.17) is 28.9 Å². The van der Waals surface area contributed by atoms with Gasteiger partial charge in [-0.2, -0.15) is 0 Å². The number of halogens is 1. The molecule has 4 N–H and O–H groups in total. The second-order valence-electron chi connectivity index (χ2n) is 5.38. The highest BCUT2D eigenvalue weighted by Gasteiger charge is 2.16. The molecule has 132 valence electrons. The van der Waals surface area contributed by atoms with Gasteiger partial charge in [-0.3, -0.25) is 9.59 Å². The van der Waals surface area contributed by atoms with Gasteiger partial charge in [0.15, 0.2) is 0 Å². The van der Waals surface area contributed by atoms with Gasteiger partial charge in [-0.05, 0) is 31.2 Å². The summed E-state index contributed by atoms with van der Waals surface area (Å²) >= 11 is 11.1. The Morgan fingerprint density at radius 3 is 2.69 bits per heavy atom. The molecule has 0 unspecified atom stereocenters. The molecule has 0 spiro atoms. The van der Waals surface area contributed by atoms with E-state index in [1.807, 2.05) is 0 Å². The van der Waals surface area contributed by atoms with Gasteiger partial charge in [0, 0.05) is 0 Å². The van der Waals surface area contributed by atoms with Gasteiger partial charge in [0.2, 0.25) is 0 Å². The highest BCUT2D eigenvalue weighted by Crippen LogP contribution is 2.23. The summed E-state index contributed by atoms with van der Waals surface area (Å²) in [5, 5.41) is 12.0. The number of aromatic carboxylic acids is 1. The normalized spacial score (nSPS) is 10.7. The van der Waals surface area contributed by atoms with Crippen molar-refractivity contribution in [3.05, 3.63) is 61.2 Å². The van der Waals surface area contributed by atoms with Crippen molar-refractivity contribution in [1.82, 2.24) is 15.0 Å². The number of pyridine rings is 1. The summed E-state index contributed by atoms with van der Waals surface area (Å²) in [4.78, 5) is 45.3. The van der Waals surface area contributed by atoms with Crippen molar-refractivity contribution in [1.29, 1.82) is 0 Å². The quantitative estimate of drug-likeness (QED) is 0.509. The number of amides is 1. The largest absolute Gasteiger partial charge is 0.478 e. The molecule has 1 amide bonds. The first kappa shape index (κ1) is 17.8. The monoisotopic (exact) mass is 390 g/mol. The van der Waals surface area contributed by atoms with Crippen LogP contribution in [0.1, 0.15) is 26.5 Å². The van der Waals surface area contributed by atoms with Crippen LogP contribution in [0.15, 0.2) is 29.1 Å². The molecular formula is C16H11ClN4O4S. The molecule has 0 bridgehead atoms. The molecular weight excluding hydrogens is 380 g/mol. The van der Waals surface area contributed by atoms with Crippen molar-refractivity contribution in [2.75, 3.05) is 5.32 Å². The average molecular weight is 391 g/mol. The van der Waals surface area contributed by atoms with E-state index in [9.17, 15) is 14.4 Å². The number of aromatic amines is 2. The number of carboxylic acids is 1. The third-order valence-electron chi connectivity index (χ3n) is 3.55. The number of fused-ring (bicyclic) bond motifs is 1. The first-order chi connectivity index (χ1) is 12.3. The number of aryl methyl sites for hydroxylation is 1. The number of nitrogens with zero attached hydrogens (tertiary/aromatic N) is 1. The molecule has 8 nitrogen and oxygen atoms in total. The zero-order valence-corrected chi connectivity index (χ0v) is 14.8. The molecule has 2 heterocycles. The third kappa shape index (κ3) is 3.35. The van der Waals surface area contributed by atoms with Gasteiger partial charge in [0.1, 0.15) is 21.7 Å². The van der Waals surface area contributed by atoms with Gasteiger partial charge >= 0.3 is 5.97 Å². The number of benzene rings is 1. The fourth-order valence-corrected chi connectivity index (χ4v) is 2.79. The van der Waals surface area contributed by atoms with Crippen molar-refractivity contribution < 1.29 is 14.7 Å². The number of H-pyrrole nitrogens is 2. The maximum atomic E-state index is 12.5. The molecule has 10 heteroatoms. The Morgan fingerprint density at radius 1 is 1.27 bits per heavy atom. The average Bonchev–Trinajstić information content (AvgIpc) is 2.55. The molecule has 0 saturated heterocycles. The number of hydrogen-bond acceptors (Lipinski definition) is 5. The van der Waals surface area contributed by atoms with E-state index >= 15 is 0 Å². The van der Waals surface area contributed by atoms with Gasteiger partial charge in [-0.15, -0.1) is 0 Å². The molecule has 26 heavy (non-hydrogen) atoms. The number of rotatable bonds is 3. The predicted octanol–water partition coefficient (Wildman–Crippen LogP) is 2.89. The maximum absolute atomic E-state index is 12.5. The second kappa shape index (κ2) is 6.70. The molecule has 3 aromatic rings. The van der Waals surface area contributed by atoms with Gasteiger partial charge < -0.3 is 20.4 Å². The maximum Gasteiger partial charge on any atom is 0.335 e. The molecule has 0 saturated carbocycles. The highest BCUT2D eigenvalue weighted by molar-refractivity contribution is 7.71. The van der Waals surface area contributed by atoms with Crippen LogP contribution in [0, 0.1) is 11.6 Å². The number of nitrogens with one attached hydrogen (secondary N) is 3. The van der Waals surface area contributed by atoms with Crippen LogP contribution < -0.4 is 10.9 Å². The van der Waals surface area contributed by atoms with Gasteiger partial charge in [-0.1, -0.05) is 23.8 Å². The van der Waals surface area contributed by atoms with E-state index in [1.165, 1.54) is 24.3 Å². The summed E-state index contributed by atoms with van der Waals surface area (Å²) in [7, 11) is 0. The minimum Gasteiger partial charge on any atom is -0.478 e. The van der Waals surface area contributed by atoms with Crippen molar-refractivity contribution >= 4 is 52.4 Å². The predicted molar refractivity (Wildman–Crippen MR) is 98.6 cm³/mol. The zero-order chi connectivity index (χ0) is 19.0. The molecule has 1 aromatic carbocycles. The first-order valence-corrected chi connectivity index (χ1v) is 8.03. The minimum absolute atomic E-state index is 0.0563. The highest BCUT2D eigenvalue weighted by atomic mass is 35.5. The van der Waals surface area contributed by atoms with Gasteiger partial charge in [0.25, 0.3) is 11.5 Å². The number of aromatic nitrogens is 3. The van der Waals surface area contributed by atoms with Crippen molar-refractivity contribution in [3.63, 3.8) is 0 Å². The van der Waals surface area contributed by atoms with E-state index in [-0.39, 0.29) is 26.5 Å². The fourth-order valence-electron chi connectivity index (χ4n) is 2.33. The molecule has 0 aliphatic carbocycles. The van der Waals surface area contributed by atoms with E-state index < -0.39 is 17.4 Å². The minimum atomic E-state index is -1.17. The number of carboxylic acid groups (broad SMARTS) is 1. The topological polar surface area (TPSA) is 128 Å². The smallest absolute Gasteiger partial charge is 0.335 e. The Kier molecular flexibility index (Phi) is 4.58. The Morgan fingerprint density at radius 2 is 2.00 bits per heavy atom. The zero-order valence-electron chi connectivity index (χ0n) is 13.2. The first-order valence-electron chi connectivity index (χ1n) is 7.24. The van der Waals surface area contributed by atoms with E-state index in [0.717, 1.165) is 0 Å². The van der Waals surface area contributed by atoms with Crippen LogP contribution in [0.3, 0.4) is 0 Å². The Labute approximate surface area is 155 Å². The Hall–Kier alpha value is -3.04. The van der Waals surface area contributed by atoms with Crippen LogP contribution in [0.4, 0.5) is 5.69 Å². The molecule has 3 rings (SSSR count). The number of hydrogen-bond donors (Lipinski definition) is 4. The molecule has 0 aliphatic rings. The van der Waals surface area contributed by atoms with Crippen LogP contribution in [0.25, 0.3) is 11.0 Å². The van der Waals surface area contributed by atoms with Crippen molar-refractivity contribution in [2.45, 2.75) is 6.92 Å². The summed E-state index contributed by atoms with van der Waals surface area (Å²) < 4.78 is 0.229. The molecule has 0 fully saturated rings. The molecule has 2 aromatic heterocycles. The Bertz CT molecular complexity index is 1190. The van der Waals surface area contributed by atoms with Crippen LogP contribution in [-0.4, -0.2) is 31.9 Å². The fraction of sp³-hybridized carbons (Fsp3) is 0.0625. The van der Waals surface area contributed by atoms with E-state index in [2.05, 4.69) is 20.3 Å². The van der Waals surface area contributed by atoms with Gasteiger partial charge in [-0.25, -0.2) is 9.78 Å². The van der Waals surface area contributed by atoms with Crippen molar-refractivity contribution in [2.24, 2.45) is 0 Å². The van der Waals surface area contributed by atoms with Crippen LogP contribution in [0.5, 0.6) is 0 Å². The standard InChI is InChI=1S/C16H11ClN4O4S/c1-6-18-12-8(15(26)19-6)5-9(14(23)21-12)13(22)20-11-4-7(16(24)25)2-3-10(11)17/h2-5H,1H3,(H,20,22)(H,24,25)(H2,18,19,21,23,26). The second-order valence-corrected chi connectivity index (χ2v) is 6.18. The number of carbonyl (C=O) groups is 2. The molecule has 0 radical (unpaired) electrons. The summed E-state index contributed by atoms with van der Waals surface area (Å²) in [5.74, 6) is -1.41. The van der Waals surface area contributed by atoms with Crippen LogP contribution >= 0.6 is 23.8 Å². The van der Waals surface area contributed by atoms with Crippen molar-refractivity contribution in [3.8, 4) is 0 Å². The SMILES string of the molecule is Cc1nc(=S)c2cc(C(=O)Nc3cc(C(=O)O)ccc3Cl)c(=O)[nH]c2[nH]1.